The van der Waals surface area contributed by atoms with Gasteiger partial charge in [0.2, 0.25) is 5.91 Å². The fourth-order valence-electron chi connectivity index (χ4n) is 3.20. The molecule has 2 aromatic rings. The highest BCUT2D eigenvalue weighted by molar-refractivity contribution is 7.17. The third-order valence-corrected chi connectivity index (χ3v) is 5.76. The van der Waals surface area contributed by atoms with Gasteiger partial charge in [0.15, 0.2) is 0 Å². The van der Waals surface area contributed by atoms with Gasteiger partial charge in [0.1, 0.15) is 5.00 Å². The van der Waals surface area contributed by atoms with Gasteiger partial charge >= 0.3 is 5.97 Å². The van der Waals surface area contributed by atoms with Crippen molar-refractivity contribution < 1.29 is 14.3 Å². The van der Waals surface area contributed by atoms with Crippen LogP contribution in [0.1, 0.15) is 47.1 Å². The molecular formula is C21H27ClN2O3S. The van der Waals surface area contributed by atoms with Crippen molar-refractivity contribution in [1.29, 1.82) is 0 Å². The second kappa shape index (κ2) is 10.0. The number of nitrogens with zero attached hydrogens (tertiary/aromatic N) is 1. The van der Waals surface area contributed by atoms with Gasteiger partial charge in [-0.15, -0.1) is 23.7 Å². The van der Waals surface area contributed by atoms with Gasteiger partial charge in [-0.3, -0.25) is 9.69 Å². The predicted octanol–water partition coefficient (Wildman–Crippen LogP) is 4.50. The summed E-state index contributed by atoms with van der Waals surface area (Å²) in [5.74, 6) is -0.570. The van der Waals surface area contributed by atoms with Crippen molar-refractivity contribution in [3.63, 3.8) is 0 Å². The third-order valence-electron chi connectivity index (χ3n) is 4.63. The Kier molecular flexibility index (Phi) is 8.04. The quantitative estimate of drug-likeness (QED) is 0.696. The first-order chi connectivity index (χ1) is 13.0. The summed E-state index contributed by atoms with van der Waals surface area (Å²) in [6.45, 7) is 8.33. The van der Waals surface area contributed by atoms with Gasteiger partial charge in [0.05, 0.1) is 12.2 Å². The van der Waals surface area contributed by atoms with Crippen LogP contribution < -0.4 is 5.32 Å². The van der Waals surface area contributed by atoms with E-state index < -0.39 is 0 Å². The van der Waals surface area contributed by atoms with Crippen LogP contribution >= 0.6 is 23.7 Å². The summed E-state index contributed by atoms with van der Waals surface area (Å²) in [6.07, 6.45) is 0.782. The van der Waals surface area contributed by atoms with Crippen LogP contribution in [0.4, 0.5) is 5.00 Å². The highest BCUT2D eigenvalue weighted by atomic mass is 35.5. The van der Waals surface area contributed by atoms with E-state index in [1.165, 1.54) is 16.9 Å². The van der Waals surface area contributed by atoms with Crippen LogP contribution in [0.3, 0.4) is 0 Å². The molecule has 1 aliphatic rings. The van der Waals surface area contributed by atoms with E-state index in [2.05, 4.69) is 22.3 Å². The summed E-state index contributed by atoms with van der Waals surface area (Å²) in [6, 6.07) is 10.4. The minimum atomic E-state index is -0.342. The number of hydrogen-bond acceptors (Lipinski definition) is 5. The lowest BCUT2D eigenvalue weighted by molar-refractivity contribution is -0.118. The lowest BCUT2D eigenvalue weighted by Gasteiger charge is -2.27. The van der Waals surface area contributed by atoms with Crippen LogP contribution in [0, 0.1) is 5.92 Å². The highest BCUT2D eigenvalue weighted by Gasteiger charge is 2.29. The molecule has 0 saturated heterocycles. The van der Waals surface area contributed by atoms with E-state index in [9.17, 15) is 9.59 Å². The van der Waals surface area contributed by atoms with Gasteiger partial charge in [-0.25, -0.2) is 4.79 Å². The average molecular weight is 423 g/mol. The van der Waals surface area contributed by atoms with Gasteiger partial charge in [-0.05, 0) is 24.5 Å². The van der Waals surface area contributed by atoms with Crippen molar-refractivity contribution in [2.45, 2.75) is 40.3 Å². The molecule has 0 bridgehead atoms. The largest absolute Gasteiger partial charge is 0.462 e. The number of fused-ring (bicyclic) bond motifs is 1. The maximum atomic E-state index is 12.5. The monoisotopic (exact) mass is 422 g/mol. The lowest BCUT2D eigenvalue weighted by Crippen LogP contribution is -2.30. The Labute approximate surface area is 176 Å². The number of carbonyl (C=O) groups is 2. The fraction of sp³-hybridized carbons (Fsp3) is 0.429. The molecule has 1 aliphatic heterocycles. The maximum absolute atomic E-state index is 12.5. The summed E-state index contributed by atoms with van der Waals surface area (Å²) in [5, 5.41) is 3.56. The number of rotatable bonds is 6. The number of halogens is 1. The van der Waals surface area contributed by atoms with Crippen molar-refractivity contribution in [1.82, 2.24) is 4.90 Å². The molecule has 152 valence electrons. The molecule has 0 unspecified atom stereocenters. The Morgan fingerprint density at radius 1 is 1.25 bits per heavy atom. The van der Waals surface area contributed by atoms with Crippen molar-refractivity contribution in [3.05, 3.63) is 51.9 Å². The van der Waals surface area contributed by atoms with Crippen LogP contribution in [0.25, 0.3) is 0 Å². The molecule has 7 heteroatoms. The molecule has 5 nitrogen and oxygen atoms in total. The summed E-state index contributed by atoms with van der Waals surface area (Å²) in [5.41, 5.74) is 2.85. The number of esters is 1. The van der Waals surface area contributed by atoms with Crippen molar-refractivity contribution in [2.24, 2.45) is 5.92 Å². The second-order valence-corrected chi connectivity index (χ2v) is 8.12. The van der Waals surface area contributed by atoms with E-state index in [0.29, 0.717) is 17.2 Å². The number of thiophene rings is 1. The topological polar surface area (TPSA) is 58.6 Å². The molecular weight excluding hydrogens is 396 g/mol. The minimum absolute atomic E-state index is 0. The van der Waals surface area contributed by atoms with E-state index in [1.807, 2.05) is 32.0 Å². The standard InChI is InChI=1S/C21H26N2O3S.ClH/c1-4-26-21(25)18-16-10-11-23(12-15-8-6-5-7-9-15)13-17(16)27-20(18)22-19(24)14(2)3;/h5-9,14H,4,10-13H2,1-3H3,(H,22,24);1H. The first-order valence-corrected chi connectivity index (χ1v) is 10.2. The zero-order valence-electron chi connectivity index (χ0n) is 16.5. The summed E-state index contributed by atoms with van der Waals surface area (Å²) in [7, 11) is 0. The number of anilines is 1. The fourth-order valence-corrected chi connectivity index (χ4v) is 4.48. The van der Waals surface area contributed by atoms with Crippen LogP contribution in [-0.4, -0.2) is 29.9 Å². The van der Waals surface area contributed by atoms with Gasteiger partial charge in [-0.2, -0.15) is 0 Å². The first kappa shape index (κ1) is 22.4. The second-order valence-electron chi connectivity index (χ2n) is 7.02. The Morgan fingerprint density at radius 2 is 1.96 bits per heavy atom. The zero-order valence-corrected chi connectivity index (χ0v) is 18.1. The SMILES string of the molecule is CCOC(=O)c1c(NC(=O)C(C)C)sc2c1CCN(Cc1ccccc1)C2.Cl. The number of amides is 1. The van der Waals surface area contributed by atoms with Crippen LogP contribution in [0.5, 0.6) is 0 Å². The molecule has 28 heavy (non-hydrogen) atoms. The minimum Gasteiger partial charge on any atom is -0.462 e. The molecule has 0 saturated carbocycles. The van der Waals surface area contributed by atoms with Gasteiger partial charge in [-0.1, -0.05) is 44.2 Å². The third kappa shape index (κ3) is 5.13. The molecule has 0 atom stereocenters. The molecule has 2 heterocycles. The van der Waals surface area contributed by atoms with Crippen LogP contribution in [0.15, 0.2) is 30.3 Å². The average Bonchev–Trinajstić information content (AvgIpc) is 2.99. The lowest BCUT2D eigenvalue weighted by atomic mass is 10.0. The summed E-state index contributed by atoms with van der Waals surface area (Å²) >= 11 is 1.50. The van der Waals surface area contributed by atoms with Crippen molar-refractivity contribution in [3.8, 4) is 0 Å². The van der Waals surface area contributed by atoms with E-state index in [1.54, 1.807) is 6.92 Å². The molecule has 1 aromatic heterocycles. The molecule has 0 aliphatic carbocycles. The van der Waals surface area contributed by atoms with E-state index in [0.717, 1.165) is 36.5 Å². The number of nitrogens with one attached hydrogen (secondary N) is 1. The Balaban J connectivity index is 0.00000280. The van der Waals surface area contributed by atoms with Gasteiger partial charge in [0.25, 0.3) is 0 Å². The number of benzene rings is 1. The van der Waals surface area contributed by atoms with Crippen molar-refractivity contribution >= 4 is 40.6 Å². The Bertz CT molecular complexity index is 821. The van der Waals surface area contributed by atoms with Crippen LogP contribution in [0.2, 0.25) is 0 Å². The van der Waals surface area contributed by atoms with Crippen LogP contribution in [-0.2, 0) is 29.0 Å². The number of hydrogen-bond donors (Lipinski definition) is 1. The molecule has 1 aromatic carbocycles. The number of ether oxygens (including phenoxy) is 1. The van der Waals surface area contributed by atoms with Gasteiger partial charge < -0.3 is 10.1 Å². The molecule has 1 amide bonds. The summed E-state index contributed by atoms with van der Waals surface area (Å²) < 4.78 is 5.26. The van der Waals surface area contributed by atoms with Crippen molar-refractivity contribution in [2.75, 3.05) is 18.5 Å². The Hall–Kier alpha value is -1.89. The molecule has 0 fully saturated rings. The maximum Gasteiger partial charge on any atom is 0.341 e. The smallest absolute Gasteiger partial charge is 0.341 e. The van der Waals surface area contributed by atoms with E-state index in [4.69, 9.17) is 4.74 Å². The number of carbonyl (C=O) groups excluding carboxylic acids is 2. The highest BCUT2D eigenvalue weighted by Crippen LogP contribution is 2.38. The molecule has 1 N–H and O–H groups in total. The molecule has 0 spiro atoms. The van der Waals surface area contributed by atoms with E-state index >= 15 is 0 Å². The van der Waals surface area contributed by atoms with Gasteiger partial charge in [0, 0.05) is 30.4 Å². The Morgan fingerprint density at radius 3 is 2.61 bits per heavy atom. The normalized spacial score (nSPS) is 13.6. The molecule has 0 radical (unpaired) electrons. The summed E-state index contributed by atoms with van der Waals surface area (Å²) in [4.78, 5) is 28.2. The van der Waals surface area contributed by atoms with E-state index in [-0.39, 0.29) is 30.2 Å². The molecule has 3 rings (SSSR count). The predicted molar refractivity (Wildman–Crippen MR) is 115 cm³/mol. The first-order valence-electron chi connectivity index (χ1n) is 9.38. The zero-order chi connectivity index (χ0) is 19.4.